The van der Waals surface area contributed by atoms with Gasteiger partial charge in [0.05, 0.1) is 6.33 Å². The first kappa shape index (κ1) is 14.9. The van der Waals surface area contributed by atoms with Crippen molar-refractivity contribution in [2.24, 2.45) is 5.41 Å². The van der Waals surface area contributed by atoms with Crippen LogP contribution in [0.2, 0.25) is 0 Å². The van der Waals surface area contributed by atoms with Crippen molar-refractivity contribution >= 4 is 0 Å². The normalized spacial score (nSPS) is 25.7. The minimum absolute atomic E-state index is 0.535. The summed E-state index contributed by atoms with van der Waals surface area (Å²) < 4.78 is 2.05. The Morgan fingerprint density at radius 3 is 2.74 bits per heavy atom. The van der Waals surface area contributed by atoms with E-state index in [0.717, 1.165) is 6.54 Å². The summed E-state index contributed by atoms with van der Waals surface area (Å²) in [5.74, 6) is 0. The molecule has 1 atom stereocenters. The number of likely N-dealkylation sites (tertiary alicyclic amines) is 1. The number of aromatic nitrogens is 2. The monoisotopic (exact) mass is 310 g/mol. The predicted molar refractivity (Wildman–Crippen MR) is 92.6 cm³/mol. The quantitative estimate of drug-likeness (QED) is 0.946. The van der Waals surface area contributed by atoms with Crippen LogP contribution in [0.4, 0.5) is 0 Å². The second-order valence-corrected chi connectivity index (χ2v) is 7.23. The fourth-order valence-corrected chi connectivity index (χ4v) is 4.27. The number of benzene rings is 1. The zero-order valence-electron chi connectivity index (χ0n) is 13.7. The summed E-state index contributed by atoms with van der Waals surface area (Å²) in [7, 11) is 0. The van der Waals surface area contributed by atoms with E-state index >= 15 is 0 Å². The molecule has 2 fully saturated rings. The van der Waals surface area contributed by atoms with Gasteiger partial charge in [0.15, 0.2) is 0 Å². The third-order valence-corrected chi connectivity index (χ3v) is 5.45. The third-order valence-electron chi connectivity index (χ3n) is 5.45. The van der Waals surface area contributed by atoms with E-state index in [-0.39, 0.29) is 0 Å². The van der Waals surface area contributed by atoms with Crippen LogP contribution in [0.3, 0.4) is 0 Å². The standard InChI is InChI=1S/C19H26N4/c1-7-19(14-20-9-1)8-2-11-22(15-19)13-17-3-5-18(6-4-17)23-12-10-21-16-23/h3-6,10,12,16,20H,1-2,7-9,11,13-15H2. The van der Waals surface area contributed by atoms with Crippen LogP contribution in [0.1, 0.15) is 31.2 Å². The molecule has 4 rings (SSSR count). The van der Waals surface area contributed by atoms with Crippen molar-refractivity contribution in [2.75, 3.05) is 26.2 Å². The van der Waals surface area contributed by atoms with E-state index in [9.17, 15) is 0 Å². The summed E-state index contributed by atoms with van der Waals surface area (Å²) in [6, 6.07) is 8.91. The van der Waals surface area contributed by atoms with Gasteiger partial charge in [-0.05, 0) is 61.9 Å². The number of rotatable bonds is 3. The van der Waals surface area contributed by atoms with Gasteiger partial charge < -0.3 is 9.88 Å². The van der Waals surface area contributed by atoms with Crippen LogP contribution in [0.5, 0.6) is 0 Å². The van der Waals surface area contributed by atoms with Gasteiger partial charge >= 0.3 is 0 Å². The van der Waals surface area contributed by atoms with Crippen LogP contribution in [0.15, 0.2) is 43.0 Å². The summed E-state index contributed by atoms with van der Waals surface area (Å²) >= 11 is 0. The van der Waals surface area contributed by atoms with Crippen LogP contribution in [0.25, 0.3) is 5.69 Å². The lowest BCUT2D eigenvalue weighted by molar-refractivity contribution is 0.0601. The van der Waals surface area contributed by atoms with Gasteiger partial charge in [-0.1, -0.05) is 12.1 Å². The van der Waals surface area contributed by atoms with Crippen molar-refractivity contribution in [1.29, 1.82) is 0 Å². The van der Waals surface area contributed by atoms with E-state index in [1.54, 1.807) is 0 Å². The van der Waals surface area contributed by atoms with Gasteiger partial charge in [0.25, 0.3) is 0 Å². The molecular formula is C19H26N4. The van der Waals surface area contributed by atoms with Gasteiger partial charge in [-0.15, -0.1) is 0 Å². The predicted octanol–water partition coefficient (Wildman–Crippen LogP) is 2.84. The summed E-state index contributed by atoms with van der Waals surface area (Å²) in [4.78, 5) is 6.77. The van der Waals surface area contributed by atoms with Gasteiger partial charge in [-0.25, -0.2) is 4.98 Å². The van der Waals surface area contributed by atoms with Crippen LogP contribution < -0.4 is 5.32 Å². The van der Waals surface area contributed by atoms with Crippen molar-refractivity contribution in [3.8, 4) is 5.69 Å². The molecule has 4 nitrogen and oxygen atoms in total. The Hall–Kier alpha value is -1.65. The molecule has 2 saturated heterocycles. The molecule has 0 bridgehead atoms. The zero-order chi connectivity index (χ0) is 15.5. The molecule has 2 aliphatic heterocycles. The second-order valence-electron chi connectivity index (χ2n) is 7.23. The first-order valence-corrected chi connectivity index (χ1v) is 8.83. The number of nitrogens with one attached hydrogen (secondary N) is 1. The Kier molecular flexibility index (Phi) is 4.19. The van der Waals surface area contributed by atoms with E-state index in [4.69, 9.17) is 0 Å². The highest BCUT2D eigenvalue weighted by atomic mass is 15.1. The highest BCUT2D eigenvalue weighted by Gasteiger charge is 2.36. The molecule has 2 aromatic rings. The van der Waals surface area contributed by atoms with E-state index in [0.29, 0.717) is 5.41 Å². The second kappa shape index (κ2) is 6.46. The van der Waals surface area contributed by atoms with Crippen LogP contribution in [-0.4, -0.2) is 40.6 Å². The summed E-state index contributed by atoms with van der Waals surface area (Å²) in [5.41, 5.74) is 3.13. The average Bonchev–Trinajstić information content (AvgIpc) is 3.11. The highest BCUT2D eigenvalue weighted by Crippen LogP contribution is 2.36. The van der Waals surface area contributed by atoms with Gasteiger partial charge in [-0.3, -0.25) is 4.90 Å². The topological polar surface area (TPSA) is 33.1 Å². The van der Waals surface area contributed by atoms with E-state index in [1.165, 1.54) is 63.1 Å². The van der Waals surface area contributed by atoms with Gasteiger partial charge in [0.2, 0.25) is 0 Å². The summed E-state index contributed by atoms with van der Waals surface area (Å²) in [6.07, 6.45) is 11.1. The van der Waals surface area contributed by atoms with Crippen molar-refractivity contribution in [3.63, 3.8) is 0 Å². The molecule has 0 aliphatic carbocycles. The van der Waals surface area contributed by atoms with Crippen LogP contribution in [-0.2, 0) is 6.54 Å². The average molecular weight is 310 g/mol. The Labute approximate surface area is 138 Å². The molecule has 23 heavy (non-hydrogen) atoms. The van der Waals surface area contributed by atoms with Crippen molar-refractivity contribution < 1.29 is 0 Å². The Bertz CT molecular complexity index is 606. The maximum absolute atomic E-state index is 4.11. The fraction of sp³-hybridized carbons (Fsp3) is 0.526. The Morgan fingerprint density at radius 1 is 1.13 bits per heavy atom. The molecule has 0 amide bonds. The molecular weight excluding hydrogens is 284 g/mol. The third kappa shape index (κ3) is 3.33. The molecule has 1 spiro atoms. The fourth-order valence-electron chi connectivity index (χ4n) is 4.27. The lowest BCUT2D eigenvalue weighted by Gasteiger charge is -2.45. The van der Waals surface area contributed by atoms with Crippen molar-refractivity contribution in [3.05, 3.63) is 48.5 Å². The molecule has 122 valence electrons. The first-order chi connectivity index (χ1) is 11.3. The Morgan fingerprint density at radius 2 is 2.00 bits per heavy atom. The molecule has 1 unspecified atom stereocenters. The lowest BCUT2D eigenvalue weighted by atomic mass is 9.74. The van der Waals surface area contributed by atoms with E-state index in [1.807, 2.05) is 23.3 Å². The zero-order valence-corrected chi connectivity index (χ0v) is 13.7. The van der Waals surface area contributed by atoms with Gasteiger partial charge in [0, 0.05) is 37.7 Å². The van der Waals surface area contributed by atoms with Crippen molar-refractivity contribution in [2.45, 2.75) is 32.2 Å². The molecule has 1 aromatic carbocycles. The van der Waals surface area contributed by atoms with E-state index < -0.39 is 0 Å². The molecule has 1 N–H and O–H groups in total. The SMILES string of the molecule is c1cn(-c2ccc(CN3CCCC4(CCCNC4)C3)cc2)cn1. The maximum atomic E-state index is 4.11. The van der Waals surface area contributed by atoms with Crippen LogP contribution >= 0.6 is 0 Å². The first-order valence-electron chi connectivity index (χ1n) is 8.83. The molecule has 0 saturated carbocycles. The molecule has 4 heteroatoms. The van der Waals surface area contributed by atoms with Crippen LogP contribution in [0, 0.1) is 5.41 Å². The maximum Gasteiger partial charge on any atom is 0.0991 e. The van der Waals surface area contributed by atoms with Gasteiger partial charge in [0.1, 0.15) is 0 Å². The van der Waals surface area contributed by atoms with Gasteiger partial charge in [-0.2, -0.15) is 0 Å². The largest absolute Gasteiger partial charge is 0.316 e. The number of piperidine rings is 2. The Balaban J connectivity index is 1.41. The smallest absolute Gasteiger partial charge is 0.0991 e. The highest BCUT2D eigenvalue weighted by molar-refractivity contribution is 5.34. The molecule has 3 heterocycles. The van der Waals surface area contributed by atoms with Crippen molar-refractivity contribution in [1.82, 2.24) is 19.8 Å². The summed E-state index contributed by atoms with van der Waals surface area (Å²) in [6.45, 7) is 5.99. The number of hydrogen-bond donors (Lipinski definition) is 1. The lowest BCUT2D eigenvalue weighted by Crippen LogP contribution is -2.50. The molecule has 0 radical (unpaired) electrons. The number of hydrogen-bond acceptors (Lipinski definition) is 3. The minimum atomic E-state index is 0.535. The number of imidazole rings is 1. The molecule has 2 aliphatic rings. The summed E-state index contributed by atoms with van der Waals surface area (Å²) in [5, 5.41) is 3.62. The molecule has 1 aromatic heterocycles. The number of nitrogens with zero attached hydrogens (tertiary/aromatic N) is 3. The van der Waals surface area contributed by atoms with E-state index in [2.05, 4.69) is 39.5 Å². The minimum Gasteiger partial charge on any atom is -0.316 e.